The molecule has 1 atom stereocenters. The van der Waals surface area contributed by atoms with E-state index >= 15 is 0 Å². The maximum absolute atomic E-state index is 13.3. The molecule has 172 valence electrons. The van der Waals surface area contributed by atoms with Gasteiger partial charge in [0.15, 0.2) is 5.17 Å². The Labute approximate surface area is 194 Å². The summed E-state index contributed by atoms with van der Waals surface area (Å²) in [6.07, 6.45) is -2.84. The minimum absolute atomic E-state index is 0.111. The van der Waals surface area contributed by atoms with Crippen LogP contribution in [0.2, 0.25) is 5.02 Å². The fraction of sp³-hybridized carbons (Fsp3) is 0.300. The zero-order valence-electron chi connectivity index (χ0n) is 17.3. The monoisotopic (exact) mass is 504 g/mol. The Kier molecular flexibility index (Phi) is 7.23. The van der Waals surface area contributed by atoms with Crippen LogP contribution in [0.1, 0.15) is 22.6 Å². The summed E-state index contributed by atoms with van der Waals surface area (Å²) >= 11 is 7.06. The van der Waals surface area contributed by atoms with E-state index in [0.29, 0.717) is 21.9 Å². The third kappa shape index (κ3) is 5.45. The van der Waals surface area contributed by atoms with Gasteiger partial charge in [-0.1, -0.05) is 53.7 Å². The minimum Gasteiger partial charge on any atom is -0.240 e. The predicted octanol–water partition coefficient (Wildman–Crippen LogP) is 4.69. The summed E-state index contributed by atoms with van der Waals surface area (Å²) in [5, 5.41) is 6.56. The number of rotatable bonds is 4. The molecule has 0 saturated carbocycles. The van der Waals surface area contributed by atoms with Crippen molar-refractivity contribution in [2.24, 2.45) is 9.50 Å². The zero-order chi connectivity index (χ0) is 23.7. The molecule has 0 bridgehead atoms. The van der Waals surface area contributed by atoms with Crippen LogP contribution in [0.5, 0.6) is 0 Å². The molecular weight excluding hydrogens is 485 g/mol. The first-order valence-electron chi connectivity index (χ1n) is 9.28. The van der Waals surface area contributed by atoms with Crippen molar-refractivity contribution in [3.8, 4) is 0 Å². The van der Waals surface area contributed by atoms with Crippen molar-refractivity contribution in [1.82, 2.24) is 9.31 Å². The van der Waals surface area contributed by atoms with E-state index in [-0.39, 0.29) is 11.7 Å². The van der Waals surface area contributed by atoms with E-state index in [9.17, 15) is 21.6 Å². The van der Waals surface area contributed by atoms with Crippen LogP contribution in [0.15, 0.2) is 58.0 Å². The molecule has 2 aromatic rings. The second-order valence-electron chi connectivity index (χ2n) is 7.09. The standard InChI is InChI=1S/C20H20ClF3N4O2S2/c1-27(2)32(29,30)26-19(31-3)28-12-17(14-5-4-6-15(11-14)20(22,23)24)18(25-28)13-7-9-16(21)10-8-13/h4-11,17H,12H2,1-3H3/b26-19-. The number of alkyl halides is 3. The van der Waals surface area contributed by atoms with Gasteiger partial charge in [0.25, 0.3) is 0 Å². The molecule has 0 fully saturated rings. The molecule has 0 N–H and O–H groups in total. The second kappa shape index (κ2) is 9.42. The van der Waals surface area contributed by atoms with Crippen LogP contribution < -0.4 is 0 Å². The Balaban J connectivity index is 2.09. The van der Waals surface area contributed by atoms with Crippen LogP contribution in [0.4, 0.5) is 13.2 Å². The quantitative estimate of drug-likeness (QED) is 0.447. The summed E-state index contributed by atoms with van der Waals surface area (Å²) in [6.45, 7) is 0.127. The second-order valence-corrected chi connectivity index (χ2v) is 10.1. The summed E-state index contributed by atoms with van der Waals surface area (Å²) in [5.41, 5.74) is 0.796. The van der Waals surface area contributed by atoms with Gasteiger partial charge in [-0.05, 0) is 35.6 Å². The average Bonchev–Trinajstić information content (AvgIpc) is 3.17. The molecule has 0 aliphatic carbocycles. The molecule has 1 aliphatic heterocycles. The summed E-state index contributed by atoms with van der Waals surface area (Å²) < 4.78 is 69.2. The van der Waals surface area contributed by atoms with Crippen LogP contribution in [0, 0.1) is 0 Å². The molecule has 0 aromatic heterocycles. The van der Waals surface area contributed by atoms with Crippen LogP contribution in [-0.4, -0.2) is 55.5 Å². The Morgan fingerprint density at radius 3 is 2.44 bits per heavy atom. The normalized spacial score (nSPS) is 17.8. The van der Waals surface area contributed by atoms with Crippen LogP contribution >= 0.6 is 23.4 Å². The van der Waals surface area contributed by atoms with E-state index < -0.39 is 27.9 Å². The molecule has 0 amide bonds. The maximum atomic E-state index is 13.3. The van der Waals surface area contributed by atoms with Crippen molar-refractivity contribution >= 4 is 44.5 Å². The third-order valence-corrected chi connectivity index (χ3v) is 7.09. The summed E-state index contributed by atoms with van der Waals surface area (Å²) in [4.78, 5) is 0. The van der Waals surface area contributed by atoms with E-state index in [4.69, 9.17) is 11.6 Å². The van der Waals surface area contributed by atoms with Crippen molar-refractivity contribution in [3.05, 3.63) is 70.2 Å². The van der Waals surface area contributed by atoms with E-state index in [1.165, 1.54) is 25.2 Å². The number of amidine groups is 1. The van der Waals surface area contributed by atoms with Gasteiger partial charge in [-0.25, -0.2) is 5.01 Å². The van der Waals surface area contributed by atoms with E-state index in [0.717, 1.165) is 28.2 Å². The van der Waals surface area contributed by atoms with Gasteiger partial charge in [0, 0.05) is 25.0 Å². The van der Waals surface area contributed by atoms with Gasteiger partial charge in [0.05, 0.1) is 17.8 Å². The van der Waals surface area contributed by atoms with Gasteiger partial charge < -0.3 is 0 Å². The number of hydrazone groups is 1. The van der Waals surface area contributed by atoms with Gasteiger partial charge in [-0.15, -0.1) is 4.40 Å². The first-order chi connectivity index (χ1) is 14.9. The molecule has 12 heteroatoms. The Morgan fingerprint density at radius 1 is 1.22 bits per heavy atom. The summed E-state index contributed by atoms with van der Waals surface area (Å²) in [6, 6.07) is 11.8. The van der Waals surface area contributed by atoms with Crippen molar-refractivity contribution < 1.29 is 21.6 Å². The number of nitrogens with zero attached hydrogens (tertiary/aromatic N) is 4. The lowest BCUT2D eigenvalue weighted by molar-refractivity contribution is -0.137. The van der Waals surface area contributed by atoms with E-state index in [1.807, 2.05) is 0 Å². The van der Waals surface area contributed by atoms with E-state index in [1.54, 1.807) is 36.6 Å². The zero-order valence-corrected chi connectivity index (χ0v) is 19.7. The molecule has 3 rings (SSSR count). The SMILES string of the molecule is CS/C(=N\S(=O)(=O)N(C)C)N1CC(c2cccc(C(F)(F)F)c2)C(c2ccc(Cl)cc2)=N1. The predicted molar refractivity (Wildman–Crippen MR) is 122 cm³/mol. The highest BCUT2D eigenvalue weighted by Gasteiger charge is 2.35. The van der Waals surface area contributed by atoms with Crippen LogP contribution in [0.3, 0.4) is 0 Å². The highest BCUT2D eigenvalue weighted by atomic mass is 35.5. The molecule has 1 heterocycles. The number of benzene rings is 2. The average molecular weight is 505 g/mol. The van der Waals surface area contributed by atoms with Crippen molar-refractivity contribution in [1.29, 1.82) is 0 Å². The van der Waals surface area contributed by atoms with Gasteiger partial charge >= 0.3 is 16.4 Å². The highest BCUT2D eigenvalue weighted by molar-refractivity contribution is 8.13. The van der Waals surface area contributed by atoms with Crippen molar-refractivity contribution in [2.45, 2.75) is 12.1 Å². The Hall–Kier alpha value is -2.08. The molecule has 6 nitrogen and oxygen atoms in total. The Morgan fingerprint density at radius 2 is 1.88 bits per heavy atom. The smallest absolute Gasteiger partial charge is 0.240 e. The fourth-order valence-corrected chi connectivity index (χ4v) is 4.55. The molecular formula is C20H20ClF3N4O2S2. The first-order valence-corrected chi connectivity index (χ1v) is 12.3. The lowest BCUT2D eigenvalue weighted by Crippen LogP contribution is -2.27. The first kappa shape index (κ1) is 24.6. The lowest BCUT2D eigenvalue weighted by Gasteiger charge is -2.18. The summed E-state index contributed by atoms with van der Waals surface area (Å²) in [5.74, 6) is -0.544. The molecule has 1 aliphatic rings. The molecule has 32 heavy (non-hydrogen) atoms. The Bertz CT molecular complexity index is 1150. The van der Waals surface area contributed by atoms with Gasteiger partial charge in [0.1, 0.15) is 0 Å². The molecule has 0 radical (unpaired) electrons. The number of hydrogen-bond donors (Lipinski definition) is 0. The summed E-state index contributed by atoms with van der Waals surface area (Å²) in [7, 11) is -1.21. The lowest BCUT2D eigenvalue weighted by atomic mass is 9.89. The largest absolute Gasteiger partial charge is 0.416 e. The molecule has 0 spiro atoms. The van der Waals surface area contributed by atoms with Crippen LogP contribution in [-0.2, 0) is 16.4 Å². The van der Waals surface area contributed by atoms with Crippen molar-refractivity contribution in [2.75, 3.05) is 26.9 Å². The molecule has 1 unspecified atom stereocenters. The van der Waals surface area contributed by atoms with Gasteiger partial charge in [-0.2, -0.15) is 31.0 Å². The fourth-order valence-electron chi connectivity index (χ4n) is 3.07. The topological polar surface area (TPSA) is 65.3 Å². The van der Waals surface area contributed by atoms with Gasteiger partial charge in [0.2, 0.25) is 0 Å². The third-order valence-electron chi connectivity index (χ3n) is 4.73. The van der Waals surface area contributed by atoms with E-state index in [2.05, 4.69) is 9.50 Å². The number of thioether (sulfide) groups is 1. The molecule has 0 saturated heterocycles. The maximum Gasteiger partial charge on any atom is 0.416 e. The highest BCUT2D eigenvalue weighted by Crippen LogP contribution is 2.35. The molecule has 2 aromatic carbocycles. The minimum atomic E-state index is -4.49. The van der Waals surface area contributed by atoms with Crippen molar-refractivity contribution in [3.63, 3.8) is 0 Å². The number of halogens is 4. The van der Waals surface area contributed by atoms with Gasteiger partial charge in [-0.3, -0.25) is 0 Å². The van der Waals surface area contributed by atoms with Crippen LogP contribution in [0.25, 0.3) is 0 Å². The number of hydrogen-bond acceptors (Lipinski definition) is 4.